The minimum absolute atomic E-state index is 0.0643. The van der Waals surface area contributed by atoms with Crippen LogP contribution in [0.5, 0.6) is 0 Å². The van der Waals surface area contributed by atoms with Crippen LogP contribution in [0.25, 0.3) is 0 Å². The molecule has 0 bridgehead atoms. The zero-order chi connectivity index (χ0) is 17.4. The topological polar surface area (TPSA) is 96.5 Å². The van der Waals surface area contributed by atoms with Crippen molar-refractivity contribution in [1.82, 2.24) is 15.4 Å². The molecule has 0 atom stereocenters. The molecule has 3 N–H and O–H groups in total. The van der Waals surface area contributed by atoms with Gasteiger partial charge in [-0.3, -0.25) is 4.79 Å². The van der Waals surface area contributed by atoms with E-state index in [4.69, 9.17) is 4.74 Å². The van der Waals surface area contributed by atoms with Crippen LogP contribution in [0.4, 0.5) is 0 Å². The van der Waals surface area contributed by atoms with Gasteiger partial charge in [-0.15, -0.1) is 0 Å². The van der Waals surface area contributed by atoms with Crippen molar-refractivity contribution in [3.63, 3.8) is 0 Å². The standard InChI is InChI=1S/C16H25N3O4S/c1-23-11-10-19-24(21,22)15-4-2-13(3-5-15)12-18-16(20)14-6-8-17-9-7-14/h2-5,14,17,19H,6-12H2,1H3,(H,18,20). The van der Waals surface area contributed by atoms with Crippen LogP contribution in [0.1, 0.15) is 18.4 Å². The fourth-order valence-corrected chi connectivity index (χ4v) is 3.58. The predicted octanol–water partition coefficient (Wildman–Crippen LogP) is 0.227. The Morgan fingerprint density at radius 1 is 1.25 bits per heavy atom. The molecular weight excluding hydrogens is 330 g/mol. The van der Waals surface area contributed by atoms with Crippen molar-refractivity contribution in [3.05, 3.63) is 29.8 Å². The molecular formula is C16H25N3O4S. The summed E-state index contributed by atoms with van der Waals surface area (Å²) in [6.07, 6.45) is 1.71. The number of methoxy groups -OCH3 is 1. The van der Waals surface area contributed by atoms with E-state index < -0.39 is 10.0 Å². The summed E-state index contributed by atoms with van der Waals surface area (Å²) in [4.78, 5) is 12.3. The highest BCUT2D eigenvalue weighted by atomic mass is 32.2. The number of carbonyl (C=O) groups excluding carboxylic acids is 1. The van der Waals surface area contributed by atoms with Crippen LogP contribution in [0.15, 0.2) is 29.2 Å². The van der Waals surface area contributed by atoms with Gasteiger partial charge < -0.3 is 15.4 Å². The lowest BCUT2D eigenvalue weighted by molar-refractivity contribution is -0.125. The van der Waals surface area contributed by atoms with Gasteiger partial charge in [-0.1, -0.05) is 12.1 Å². The number of amides is 1. The van der Waals surface area contributed by atoms with Crippen molar-refractivity contribution in [2.75, 3.05) is 33.4 Å². The number of hydrogen-bond donors (Lipinski definition) is 3. The third-order valence-corrected chi connectivity index (χ3v) is 5.49. The van der Waals surface area contributed by atoms with Crippen LogP contribution in [-0.2, 0) is 26.1 Å². The maximum atomic E-state index is 12.1. The number of sulfonamides is 1. The number of rotatable bonds is 8. The fourth-order valence-electron chi connectivity index (χ4n) is 2.57. The van der Waals surface area contributed by atoms with Gasteiger partial charge >= 0.3 is 0 Å². The van der Waals surface area contributed by atoms with E-state index in [9.17, 15) is 13.2 Å². The fraction of sp³-hybridized carbons (Fsp3) is 0.562. The van der Waals surface area contributed by atoms with Gasteiger partial charge in [-0.05, 0) is 43.6 Å². The average molecular weight is 355 g/mol. The van der Waals surface area contributed by atoms with E-state index in [-0.39, 0.29) is 23.3 Å². The third kappa shape index (κ3) is 5.55. The van der Waals surface area contributed by atoms with E-state index in [1.165, 1.54) is 7.11 Å². The molecule has 1 aromatic carbocycles. The Bertz CT molecular complexity index is 625. The van der Waals surface area contributed by atoms with Crippen LogP contribution < -0.4 is 15.4 Å². The molecule has 0 aliphatic carbocycles. The summed E-state index contributed by atoms with van der Waals surface area (Å²) in [6, 6.07) is 6.52. The SMILES string of the molecule is COCCNS(=O)(=O)c1ccc(CNC(=O)C2CCNCC2)cc1. The predicted molar refractivity (Wildman–Crippen MR) is 90.9 cm³/mol. The lowest BCUT2D eigenvalue weighted by Crippen LogP contribution is -2.37. The molecule has 134 valence electrons. The normalized spacial score (nSPS) is 16.0. The van der Waals surface area contributed by atoms with E-state index in [1.54, 1.807) is 24.3 Å². The van der Waals surface area contributed by atoms with Gasteiger partial charge in [-0.2, -0.15) is 0 Å². The van der Waals surface area contributed by atoms with Crippen LogP contribution in [-0.4, -0.2) is 47.7 Å². The Balaban J connectivity index is 1.86. The molecule has 1 fully saturated rings. The van der Waals surface area contributed by atoms with Crippen LogP contribution in [0.2, 0.25) is 0 Å². The molecule has 1 heterocycles. The van der Waals surface area contributed by atoms with E-state index in [0.717, 1.165) is 31.5 Å². The first-order chi connectivity index (χ1) is 11.5. The highest BCUT2D eigenvalue weighted by Crippen LogP contribution is 2.13. The molecule has 0 radical (unpaired) electrons. The van der Waals surface area contributed by atoms with Gasteiger partial charge in [0.2, 0.25) is 15.9 Å². The first kappa shape index (κ1) is 18.9. The Hall–Kier alpha value is -1.48. The summed E-state index contributed by atoms with van der Waals surface area (Å²) in [5.41, 5.74) is 0.869. The number of benzene rings is 1. The highest BCUT2D eigenvalue weighted by Gasteiger charge is 2.20. The maximum Gasteiger partial charge on any atom is 0.240 e. The Kier molecular flexibility index (Phi) is 7.16. The first-order valence-corrected chi connectivity index (χ1v) is 9.57. The zero-order valence-electron chi connectivity index (χ0n) is 13.9. The van der Waals surface area contributed by atoms with Gasteiger partial charge in [0.05, 0.1) is 11.5 Å². The minimum atomic E-state index is -3.52. The van der Waals surface area contributed by atoms with Crippen LogP contribution in [0.3, 0.4) is 0 Å². The largest absolute Gasteiger partial charge is 0.383 e. The summed E-state index contributed by atoms with van der Waals surface area (Å²) in [6.45, 7) is 2.70. The van der Waals surface area contributed by atoms with Crippen LogP contribution in [0, 0.1) is 5.92 Å². The quantitative estimate of drug-likeness (QED) is 0.580. The zero-order valence-corrected chi connectivity index (χ0v) is 14.7. The molecule has 7 nitrogen and oxygen atoms in total. The first-order valence-electron chi connectivity index (χ1n) is 8.09. The summed E-state index contributed by atoms with van der Waals surface area (Å²) < 4.78 is 31.4. The van der Waals surface area contributed by atoms with Crippen molar-refractivity contribution >= 4 is 15.9 Å². The molecule has 1 saturated heterocycles. The minimum Gasteiger partial charge on any atom is -0.383 e. The average Bonchev–Trinajstić information content (AvgIpc) is 2.61. The molecule has 24 heavy (non-hydrogen) atoms. The summed E-state index contributed by atoms with van der Waals surface area (Å²) in [7, 11) is -2.01. The number of nitrogens with one attached hydrogen (secondary N) is 3. The molecule has 1 aromatic rings. The second-order valence-electron chi connectivity index (χ2n) is 5.78. The molecule has 1 amide bonds. The van der Waals surface area contributed by atoms with E-state index >= 15 is 0 Å². The van der Waals surface area contributed by atoms with Crippen molar-refractivity contribution in [3.8, 4) is 0 Å². The maximum absolute atomic E-state index is 12.1. The van der Waals surface area contributed by atoms with Crippen molar-refractivity contribution in [1.29, 1.82) is 0 Å². The van der Waals surface area contributed by atoms with Crippen LogP contribution >= 0.6 is 0 Å². The molecule has 1 aliphatic rings. The second-order valence-corrected chi connectivity index (χ2v) is 7.54. The molecule has 1 aliphatic heterocycles. The highest BCUT2D eigenvalue weighted by molar-refractivity contribution is 7.89. The van der Waals surface area contributed by atoms with E-state index in [1.807, 2.05) is 0 Å². The molecule has 8 heteroatoms. The van der Waals surface area contributed by atoms with Gasteiger partial charge in [0.25, 0.3) is 0 Å². The second kappa shape index (κ2) is 9.12. The summed E-state index contributed by atoms with van der Waals surface area (Å²) in [5.74, 6) is 0.130. The lowest BCUT2D eigenvalue weighted by atomic mass is 9.97. The monoisotopic (exact) mass is 355 g/mol. The summed E-state index contributed by atoms with van der Waals surface area (Å²) >= 11 is 0. The van der Waals surface area contributed by atoms with Gasteiger partial charge in [0.15, 0.2) is 0 Å². The molecule has 2 rings (SSSR count). The lowest BCUT2D eigenvalue weighted by Gasteiger charge is -2.21. The Morgan fingerprint density at radius 3 is 2.54 bits per heavy atom. The van der Waals surface area contributed by atoms with E-state index in [2.05, 4.69) is 15.4 Å². The molecule has 0 saturated carbocycles. The number of ether oxygens (including phenoxy) is 1. The summed E-state index contributed by atoms with van der Waals surface area (Å²) in [5, 5.41) is 6.15. The number of carbonyl (C=O) groups is 1. The third-order valence-electron chi connectivity index (χ3n) is 4.01. The van der Waals surface area contributed by atoms with Gasteiger partial charge in [0.1, 0.15) is 0 Å². The van der Waals surface area contributed by atoms with Gasteiger partial charge in [0, 0.05) is 26.1 Å². The van der Waals surface area contributed by atoms with Crippen molar-refractivity contribution in [2.24, 2.45) is 5.92 Å². The molecule has 0 aromatic heterocycles. The number of piperidine rings is 1. The van der Waals surface area contributed by atoms with E-state index in [0.29, 0.717) is 13.2 Å². The molecule has 0 spiro atoms. The van der Waals surface area contributed by atoms with Crippen molar-refractivity contribution < 1.29 is 17.9 Å². The van der Waals surface area contributed by atoms with Gasteiger partial charge in [-0.25, -0.2) is 13.1 Å². The van der Waals surface area contributed by atoms with Crippen molar-refractivity contribution in [2.45, 2.75) is 24.3 Å². The Labute approximate surface area is 143 Å². The Morgan fingerprint density at radius 2 is 1.92 bits per heavy atom. The number of hydrogen-bond acceptors (Lipinski definition) is 5. The molecule has 0 unspecified atom stereocenters. The smallest absolute Gasteiger partial charge is 0.240 e.